The van der Waals surface area contributed by atoms with Crippen LogP contribution in [0.4, 0.5) is 5.69 Å². The van der Waals surface area contributed by atoms with Crippen LogP contribution in [0.25, 0.3) is 0 Å². The van der Waals surface area contributed by atoms with Crippen molar-refractivity contribution < 1.29 is 22.7 Å². The predicted molar refractivity (Wildman–Crippen MR) is 124 cm³/mol. The minimum atomic E-state index is -3.59. The third-order valence-electron chi connectivity index (χ3n) is 5.88. The SMILES string of the molecule is COCCNS(=O)(=O)N1CCC(CC(=O)Nc2ccccc2OC)(c2ccccc2)CC1. The van der Waals surface area contributed by atoms with Gasteiger partial charge in [0, 0.05) is 38.6 Å². The van der Waals surface area contributed by atoms with Crippen LogP contribution in [0.15, 0.2) is 54.6 Å². The molecule has 32 heavy (non-hydrogen) atoms. The highest BCUT2D eigenvalue weighted by Crippen LogP contribution is 2.39. The summed E-state index contributed by atoms with van der Waals surface area (Å²) in [6.45, 7) is 1.20. The highest BCUT2D eigenvalue weighted by molar-refractivity contribution is 7.87. The maximum atomic E-state index is 13.1. The van der Waals surface area contributed by atoms with Gasteiger partial charge in [-0.3, -0.25) is 4.79 Å². The minimum absolute atomic E-state index is 0.132. The van der Waals surface area contributed by atoms with Crippen molar-refractivity contribution in [2.45, 2.75) is 24.7 Å². The van der Waals surface area contributed by atoms with E-state index in [0.717, 1.165) is 5.56 Å². The summed E-state index contributed by atoms with van der Waals surface area (Å²) < 4.78 is 39.5. The molecule has 1 fully saturated rings. The molecule has 3 rings (SSSR count). The molecular weight excluding hydrogens is 430 g/mol. The van der Waals surface area contributed by atoms with E-state index in [4.69, 9.17) is 9.47 Å². The average Bonchev–Trinajstić information content (AvgIpc) is 2.80. The van der Waals surface area contributed by atoms with Crippen LogP contribution in [0, 0.1) is 0 Å². The Balaban J connectivity index is 1.75. The molecule has 1 amide bonds. The molecule has 9 heteroatoms. The van der Waals surface area contributed by atoms with Gasteiger partial charge in [0.05, 0.1) is 19.4 Å². The van der Waals surface area contributed by atoms with E-state index in [1.54, 1.807) is 19.2 Å². The zero-order chi connectivity index (χ0) is 23.0. The quantitative estimate of drug-likeness (QED) is 0.530. The molecule has 2 aromatic rings. The van der Waals surface area contributed by atoms with Gasteiger partial charge in [0.15, 0.2) is 0 Å². The number of amides is 1. The number of rotatable bonds is 10. The van der Waals surface area contributed by atoms with Gasteiger partial charge in [0.1, 0.15) is 5.75 Å². The van der Waals surface area contributed by atoms with E-state index in [0.29, 0.717) is 44.0 Å². The highest BCUT2D eigenvalue weighted by atomic mass is 32.2. The van der Waals surface area contributed by atoms with Gasteiger partial charge in [-0.2, -0.15) is 17.4 Å². The Bertz CT molecular complexity index is 990. The number of benzene rings is 2. The molecule has 0 unspecified atom stereocenters. The van der Waals surface area contributed by atoms with Gasteiger partial charge in [0.2, 0.25) is 5.91 Å². The van der Waals surface area contributed by atoms with Gasteiger partial charge >= 0.3 is 0 Å². The first-order chi connectivity index (χ1) is 15.4. The zero-order valence-corrected chi connectivity index (χ0v) is 19.4. The molecule has 2 aromatic carbocycles. The van der Waals surface area contributed by atoms with Crippen LogP contribution in [-0.4, -0.2) is 59.1 Å². The maximum absolute atomic E-state index is 13.1. The number of ether oxygens (including phenoxy) is 2. The second-order valence-corrected chi connectivity index (χ2v) is 9.62. The fourth-order valence-electron chi connectivity index (χ4n) is 4.13. The molecule has 2 N–H and O–H groups in total. The van der Waals surface area contributed by atoms with Crippen LogP contribution in [-0.2, 0) is 25.2 Å². The molecule has 1 aliphatic rings. The van der Waals surface area contributed by atoms with E-state index in [2.05, 4.69) is 10.0 Å². The maximum Gasteiger partial charge on any atom is 0.279 e. The van der Waals surface area contributed by atoms with Gasteiger partial charge in [-0.05, 0) is 30.5 Å². The summed E-state index contributed by atoms with van der Waals surface area (Å²) in [5.41, 5.74) is 1.21. The van der Waals surface area contributed by atoms with E-state index in [1.807, 2.05) is 42.5 Å². The number of hydrogen-bond donors (Lipinski definition) is 2. The minimum Gasteiger partial charge on any atom is -0.495 e. The smallest absolute Gasteiger partial charge is 0.279 e. The van der Waals surface area contributed by atoms with Crippen LogP contribution in [0.3, 0.4) is 0 Å². The topological polar surface area (TPSA) is 97.0 Å². The summed E-state index contributed by atoms with van der Waals surface area (Å²) in [6, 6.07) is 17.1. The van der Waals surface area contributed by atoms with Gasteiger partial charge in [-0.1, -0.05) is 42.5 Å². The van der Waals surface area contributed by atoms with Crippen molar-refractivity contribution in [3.05, 3.63) is 60.2 Å². The van der Waals surface area contributed by atoms with Crippen molar-refractivity contribution >= 4 is 21.8 Å². The molecule has 1 saturated heterocycles. The third kappa shape index (κ3) is 5.86. The molecule has 1 heterocycles. The number of carbonyl (C=O) groups excluding carboxylic acids is 1. The number of nitrogens with zero attached hydrogens (tertiary/aromatic N) is 1. The molecule has 0 bridgehead atoms. The summed E-state index contributed by atoms with van der Waals surface area (Å²) in [5.74, 6) is 0.463. The first-order valence-corrected chi connectivity index (χ1v) is 12.1. The van der Waals surface area contributed by atoms with Gasteiger partial charge in [0.25, 0.3) is 10.2 Å². The second kappa shape index (κ2) is 10.9. The van der Waals surface area contributed by atoms with E-state index in [-0.39, 0.29) is 18.9 Å². The van der Waals surface area contributed by atoms with Crippen LogP contribution in [0.1, 0.15) is 24.8 Å². The van der Waals surface area contributed by atoms with E-state index in [9.17, 15) is 13.2 Å². The van der Waals surface area contributed by atoms with Gasteiger partial charge in [-0.15, -0.1) is 0 Å². The fourth-order valence-corrected chi connectivity index (χ4v) is 5.31. The predicted octanol–water partition coefficient (Wildman–Crippen LogP) is 2.54. The molecule has 0 aliphatic carbocycles. The van der Waals surface area contributed by atoms with Crippen LogP contribution >= 0.6 is 0 Å². The van der Waals surface area contributed by atoms with E-state index < -0.39 is 15.6 Å². The summed E-state index contributed by atoms with van der Waals surface area (Å²) in [5, 5.41) is 2.96. The zero-order valence-electron chi connectivity index (χ0n) is 18.5. The number of nitrogens with one attached hydrogen (secondary N) is 2. The van der Waals surface area contributed by atoms with Crippen molar-refractivity contribution in [3.8, 4) is 5.75 Å². The molecule has 0 aromatic heterocycles. The lowest BCUT2D eigenvalue weighted by Crippen LogP contribution is -2.50. The number of piperidine rings is 1. The Morgan fingerprint density at radius 3 is 2.34 bits per heavy atom. The second-order valence-electron chi connectivity index (χ2n) is 7.86. The van der Waals surface area contributed by atoms with Crippen molar-refractivity contribution in [1.82, 2.24) is 9.03 Å². The lowest BCUT2D eigenvalue weighted by atomic mass is 9.70. The molecule has 1 aliphatic heterocycles. The van der Waals surface area contributed by atoms with Crippen molar-refractivity contribution in [1.29, 1.82) is 0 Å². The van der Waals surface area contributed by atoms with Crippen LogP contribution in [0.5, 0.6) is 5.75 Å². The number of carbonyl (C=O) groups is 1. The molecule has 8 nitrogen and oxygen atoms in total. The molecular formula is C23H31N3O5S. The third-order valence-corrected chi connectivity index (χ3v) is 7.49. The largest absolute Gasteiger partial charge is 0.495 e. The number of para-hydroxylation sites is 2. The standard InChI is InChI=1S/C23H31N3O5S/c1-30-17-14-24-32(28,29)26-15-12-23(13-16-26,19-8-4-3-5-9-19)18-22(27)25-20-10-6-7-11-21(20)31-2/h3-11,24H,12-18H2,1-2H3,(H,25,27). The summed E-state index contributed by atoms with van der Waals surface area (Å²) in [7, 11) is -0.498. The average molecular weight is 462 g/mol. The first-order valence-electron chi connectivity index (χ1n) is 10.6. The molecule has 0 spiro atoms. The van der Waals surface area contributed by atoms with E-state index >= 15 is 0 Å². The lowest BCUT2D eigenvalue weighted by Gasteiger charge is -2.41. The number of anilines is 1. The van der Waals surface area contributed by atoms with Crippen LogP contribution in [0.2, 0.25) is 0 Å². The Labute approximate surface area is 190 Å². The Kier molecular flexibility index (Phi) is 8.25. The Hall–Kier alpha value is -2.46. The summed E-state index contributed by atoms with van der Waals surface area (Å²) >= 11 is 0. The molecule has 174 valence electrons. The molecule has 0 atom stereocenters. The van der Waals surface area contributed by atoms with Crippen molar-refractivity contribution in [3.63, 3.8) is 0 Å². The number of methoxy groups -OCH3 is 2. The first kappa shape index (κ1) is 24.2. The normalized spacial score (nSPS) is 16.4. The fraction of sp³-hybridized carbons (Fsp3) is 0.435. The Morgan fingerprint density at radius 2 is 1.69 bits per heavy atom. The van der Waals surface area contributed by atoms with Crippen molar-refractivity contribution in [2.24, 2.45) is 0 Å². The lowest BCUT2D eigenvalue weighted by molar-refractivity contribution is -0.117. The van der Waals surface area contributed by atoms with E-state index in [1.165, 1.54) is 11.4 Å². The Morgan fingerprint density at radius 1 is 1.03 bits per heavy atom. The van der Waals surface area contributed by atoms with Gasteiger partial charge < -0.3 is 14.8 Å². The summed E-state index contributed by atoms with van der Waals surface area (Å²) in [6.07, 6.45) is 1.34. The molecule has 0 saturated carbocycles. The molecule has 0 radical (unpaired) electrons. The van der Waals surface area contributed by atoms with Crippen molar-refractivity contribution in [2.75, 3.05) is 45.8 Å². The van der Waals surface area contributed by atoms with Crippen LogP contribution < -0.4 is 14.8 Å². The monoisotopic (exact) mass is 461 g/mol. The highest BCUT2D eigenvalue weighted by Gasteiger charge is 2.40. The number of hydrogen-bond acceptors (Lipinski definition) is 5. The summed E-state index contributed by atoms with van der Waals surface area (Å²) in [4.78, 5) is 13.1. The van der Waals surface area contributed by atoms with Gasteiger partial charge in [-0.25, -0.2) is 0 Å².